The van der Waals surface area contributed by atoms with Gasteiger partial charge in [-0.2, -0.15) is 0 Å². The smallest absolute Gasteiger partial charge is 0.303 e. The van der Waals surface area contributed by atoms with Gasteiger partial charge in [-0.25, -0.2) is 0 Å². The Morgan fingerprint density at radius 3 is 2.39 bits per heavy atom. The van der Waals surface area contributed by atoms with E-state index < -0.39 is 5.60 Å². The summed E-state index contributed by atoms with van der Waals surface area (Å²) in [6.07, 6.45) is 4.70. The van der Waals surface area contributed by atoms with Gasteiger partial charge >= 0.3 is 11.9 Å². The van der Waals surface area contributed by atoms with E-state index >= 15 is 0 Å². The second-order valence-electron chi connectivity index (χ2n) is 9.54. The topological polar surface area (TPSA) is 78.9 Å². The van der Waals surface area contributed by atoms with Crippen LogP contribution >= 0.6 is 0 Å². The van der Waals surface area contributed by atoms with E-state index in [1.165, 1.54) is 13.8 Å². The predicted octanol–water partition coefficient (Wildman–Crippen LogP) is 5.03. The standard InChI is InChI=1S/C25H42O6/c1-17(2)19(4)15-23(28)18(3)9-8-13-25(7)24(31-21(6)27)11-10-22(16-30-25)12-14-29-20(5)26/h17-18,22,24H,4,8-16H2,1-3,5-7H3/t18?,22?,24-,25+/m1/s1. The van der Waals surface area contributed by atoms with E-state index in [0.717, 1.165) is 31.3 Å². The molecule has 4 atom stereocenters. The summed E-state index contributed by atoms with van der Waals surface area (Å²) in [5.41, 5.74) is 0.386. The van der Waals surface area contributed by atoms with E-state index in [1.807, 2.05) is 13.8 Å². The van der Waals surface area contributed by atoms with Crippen molar-refractivity contribution in [1.29, 1.82) is 0 Å². The summed E-state index contributed by atoms with van der Waals surface area (Å²) in [5.74, 6) is 0.169. The summed E-state index contributed by atoms with van der Waals surface area (Å²) in [7, 11) is 0. The Bertz CT molecular complexity index is 626. The summed E-state index contributed by atoms with van der Waals surface area (Å²) in [5, 5.41) is 0. The molecule has 1 rings (SSSR count). The number of carbonyl (C=O) groups is 3. The molecule has 0 aliphatic carbocycles. The van der Waals surface area contributed by atoms with Gasteiger partial charge in [-0.3, -0.25) is 14.4 Å². The molecule has 1 aliphatic rings. The number of allylic oxidation sites excluding steroid dienone is 1. The highest BCUT2D eigenvalue weighted by Gasteiger charge is 2.40. The lowest BCUT2D eigenvalue weighted by Gasteiger charge is -2.35. The highest BCUT2D eigenvalue weighted by atomic mass is 16.6. The van der Waals surface area contributed by atoms with Crippen LogP contribution in [0.4, 0.5) is 0 Å². The van der Waals surface area contributed by atoms with Gasteiger partial charge in [0.1, 0.15) is 17.5 Å². The lowest BCUT2D eigenvalue weighted by Crippen LogP contribution is -2.44. The van der Waals surface area contributed by atoms with Gasteiger partial charge in [0.2, 0.25) is 0 Å². The Labute approximate surface area is 188 Å². The molecule has 0 aromatic heterocycles. The number of hydrogen-bond acceptors (Lipinski definition) is 6. The molecule has 0 spiro atoms. The zero-order valence-corrected chi connectivity index (χ0v) is 20.3. The number of ketones is 1. The van der Waals surface area contributed by atoms with Gasteiger partial charge in [0.25, 0.3) is 0 Å². The molecule has 0 aromatic rings. The van der Waals surface area contributed by atoms with Crippen molar-refractivity contribution in [3.63, 3.8) is 0 Å². The molecule has 0 bridgehead atoms. The molecule has 0 N–H and O–H groups in total. The van der Waals surface area contributed by atoms with Gasteiger partial charge in [-0.05, 0) is 57.3 Å². The van der Waals surface area contributed by atoms with E-state index in [1.54, 1.807) is 0 Å². The van der Waals surface area contributed by atoms with Crippen LogP contribution in [0.1, 0.15) is 86.5 Å². The van der Waals surface area contributed by atoms with Crippen LogP contribution < -0.4 is 0 Å². The third-order valence-electron chi connectivity index (χ3n) is 6.38. The average molecular weight is 439 g/mol. The van der Waals surface area contributed by atoms with E-state index in [2.05, 4.69) is 20.4 Å². The van der Waals surface area contributed by atoms with Crippen molar-refractivity contribution >= 4 is 17.7 Å². The fraction of sp³-hybridized carbons (Fsp3) is 0.800. The van der Waals surface area contributed by atoms with E-state index in [4.69, 9.17) is 14.2 Å². The maximum atomic E-state index is 12.5. The maximum absolute atomic E-state index is 12.5. The molecule has 0 saturated carbocycles. The number of Topliss-reactive ketones (excluding diaryl/α,β-unsaturated/α-hetero) is 1. The van der Waals surface area contributed by atoms with Gasteiger partial charge in [-0.1, -0.05) is 32.9 Å². The van der Waals surface area contributed by atoms with Crippen molar-refractivity contribution in [2.24, 2.45) is 17.8 Å². The monoisotopic (exact) mass is 438 g/mol. The van der Waals surface area contributed by atoms with E-state index in [9.17, 15) is 14.4 Å². The summed E-state index contributed by atoms with van der Waals surface area (Å²) >= 11 is 0. The van der Waals surface area contributed by atoms with Crippen molar-refractivity contribution in [2.45, 2.75) is 98.2 Å². The van der Waals surface area contributed by atoms with Crippen LogP contribution in [0.25, 0.3) is 0 Å². The van der Waals surface area contributed by atoms with E-state index in [0.29, 0.717) is 38.4 Å². The first-order chi connectivity index (χ1) is 14.4. The summed E-state index contributed by atoms with van der Waals surface area (Å²) in [6, 6.07) is 0. The molecule has 1 fully saturated rings. The molecular weight excluding hydrogens is 396 g/mol. The first-order valence-electron chi connectivity index (χ1n) is 11.6. The predicted molar refractivity (Wildman–Crippen MR) is 121 cm³/mol. The minimum atomic E-state index is -0.591. The largest absolute Gasteiger partial charge is 0.466 e. The zero-order valence-electron chi connectivity index (χ0n) is 20.3. The third kappa shape index (κ3) is 9.98. The van der Waals surface area contributed by atoms with Crippen molar-refractivity contribution in [3.8, 4) is 0 Å². The van der Waals surface area contributed by atoms with Gasteiger partial charge in [-0.15, -0.1) is 0 Å². The molecule has 0 aromatic carbocycles. The molecule has 6 heteroatoms. The lowest BCUT2D eigenvalue weighted by atomic mass is 9.86. The van der Waals surface area contributed by atoms with Crippen LogP contribution in [-0.4, -0.2) is 42.6 Å². The Kier molecular flexibility index (Phi) is 11.5. The molecule has 0 amide bonds. The lowest BCUT2D eigenvalue weighted by molar-refractivity contribution is -0.169. The van der Waals surface area contributed by atoms with Crippen LogP contribution in [0.2, 0.25) is 0 Å². The zero-order chi connectivity index (χ0) is 23.6. The number of hydrogen-bond donors (Lipinski definition) is 0. The number of carbonyl (C=O) groups excluding carboxylic acids is 3. The fourth-order valence-corrected chi connectivity index (χ4v) is 3.91. The highest BCUT2D eigenvalue weighted by molar-refractivity contribution is 5.82. The van der Waals surface area contributed by atoms with Crippen LogP contribution in [0.3, 0.4) is 0 Å². The van der Waals surface area contributed by atoms with Crippen LogP contribution in [-0.2, 0) is 28.6 Å². The first-order valence-corrected chi connectivity index (χ1v) is 11.6. The Balaban J connectivity index is 2.65. The third-order valence-corrected chi connectivity index (χ3v) is 6.38. The Hall–Kier alpha value is -1.69. The minimum absolute atomic E-state index is 0.0338. The molecule has 1 aliphatic heterocycles. The Morgan fingerprint density at radius 1 is 1.13 bits per heavy atom. The van der Waals surface area contributed by atoms with Crippen molar-refractivity contribution in [2.75, 3.05) is 13.2 Å². The summed E-state index contributed by atoms with van der Waals surface area (Å²) in [6.45, 7) is 15.8. The highest BCUT2D eigenvalue weighted by Crippen LogP contribution is 2.35. The van der Waals surface area contributed by atoms with Gasteiger partial charge < -0.3 is 14.2 Å². The molecule has 1 heterocycles. The van der Waals surface area contributed by atoms with Crippen LogP contribution in [0.5, 0.6) is 0 Å². The normalized spacial score (nSPS) is 24.9. The summed E-state index contributed by atoms with van der Waals surface area (Å²) < 4.78 is 17.0. The minimum Gasteiger partial charge on any atom is -0.466 e. The molecule has 0 radical (unpaired) electrons. The van der Waals surface area contributed by atoms with Crippen molar-refractivity contribution in [1.82, 2.24) is 0 Å². The first kappa shape index (κ1) is 27.3. The number of ether oxygens (including phenoxy) is 3. The molecular formula is C25H42O6. The molecule has 6 nitrogen and oxygen atoms in total. The number of esters is 2. The SMILES string of the molecule is C=C(CC(=O)C(C)CCC[C@]1(C)OCC(CCOC(C)=O)CC[C@H]1OC(C)=O)C(C)C. The maximum Gasteiger partial charge on any atom is 0.303 e. The van der Waals surface area contributed by atoms with Crippen LogP contribution in [0.15, 0.2) is 12.2 Å². The molecule has 178 valence electrons. The van der Waals surface area contributed by atoms with Gasteiger partial charge in [0.05, 0.1) is 13.2 Å². The Morgan fingerprint density at radius 2 is 1.81 bits per heavy atom. The van der Waals surface area contributed by atoms with Crippen molar-refractivity contribution in [3.05, 3.63) is 12.2 Å². The second-order valence-corrected chi connectivity index (χ2v) is 9.54. The van der Waals surface area contributed by atoms with Crippen LogP contribution in [0, 0.1) is 17.8 Å². The van der Waals surface area contributed by atoms with E-state index in [-0.39, 0.29) is 35.7 Å². The molecule has 31 heavy (non-hydrogen) atoms. The average Bonchev–Trinajstić information content (AvgIpc) is 2.81. The molecule has 2 unspecified atom stereocenters. The summed E-state index contributed by atoms with van der Waals surface area (Å²) in [4.78, 5) is 35.2. The second kappa shape index (κ2) is 13.0. The van der Waals surface area contributed by atoms with Crippen molar-refractivity contribution < 1.29 is 28.6 Å². The number of rotatable bonds is 12. The van der Waals surface area contributed by atoms with Gasteiger partial charge in [0.15, 0.2) is 0 Å². The fourth-order valence-electron chi connectivity index (χ4n) is 3.91. The molecule has 1 saturated heterocycles. The van der Waals surface area contributed by atoms with Gasteiger partial charge in [0, 0.05) is 26.2 Å². The quantitative estimate of drug-likeness (QED) is 0.314.